The molecule has 2 bridgehead atoms. The van der Waals surface area contributed by atoms with Crippen LogP contribution in [0, 0.1) is 16.7 Å². The minimum absolute atomic E-state index is 0.0237. The normalized spacial score (nSPS) is 33.1. The number of carbonyl (C=O) groups excluding carboxylic acids is 1. The van der Waals surface area contributed by atoms with Crippen molar-refractivity contribution in [2.24, 2.45) is 21.8 Å². The highest BCUT2D eigenvalue weighted by Crippen LogP contribution is 2.65. The van der Waals surface area contributed by atoms with Gasteiger partial charge in [0.1, 0.15) is 0 Å². The van der Waals surface area contributed by atoms with Crippen LogP contribution in [0.25, 0.3) is 0 Å². The number of fused-ring (bicyclic) bond motifs is 2. The van der Waals surface area contributed by atoms with Crippen molar-refractivity contribution in [3.63, 3.8) is 0 Å². The van der Waals surface area contributed by atoms with Crippen molar-refractivity contribution < 1.29 is 4.79 Å². The van der Waals surface area contributed by atoms with Gasteiger partial charge in [-0.25, -0.2) is 9.80 Å². The van der Waals surface area contributed by atoms with Crippen LogP contribution in [0.5, 0.6) is 0 Å². The fourth-order valence-electron chi connectivity index (χ4n) is 7.23. The number of amides is 2. The van der Waals surface area contributed by atoms with Gasteiger partial charge in [-0.3, -0.25) is 0 Å². The summed E-state index contributed by atoms with van der Waals surface area (Å²) in [6.45, 7) is 7.79. The maximum Gasteiger partial charge on any atom is 0.338 e. The first-order valence-electron chi connectivity index (χ1n) is 12.6. The zero-order valence-corrected chi connectivity index (χ0v) is 20.1. The van der Waals surface area contributed by atoms with Gasteiger partial charge in [-0.1, -0.05) is 81.4 Å². The van der Waals surface area contributed by atoms with Crippen molar-refractivity contribution in [3.05, 3.63) is 71.8 Å². The van der Waals surface area contributed by atoms with Gasteiger partial charge in [0.15, 0.2) is 0 Å². The van der Waals surface area contributed by atoms with Gasteiger partial charge in [-0.2, -0.15) is 5.10 Å². The Labute approximate surface area is 197 Å². The van der Waals surface area contributed by atoms with Gasteiger partial charge in [0.05, 0.1) is 12.3 Å². The maximum atomic E-state index is 13.5. The monoisotopic (exact) mass is 441 g/mol. The molecule has 0 aromatic heterocycles. The average Bonchev–Trinajstić information content (AvgIpc) is 3.41. The zero-order chi connectivity index (χ0) is 22.8. The predicted octanol–water partition coefficient (Wildman–Crippen LogP) is 6.10. The molecule has 1 N–H and O–H groups in total. The van der Waals surface area contributed by atoms with Crippen LogP contribution < -0.4 is 5.32 Å². The van der Waals surface area contributed by atoms with Crippen LogP contribution in [-0.2, 0) is 5.41 Å². The average molecular weight is 442 g/mol. The van der Waals surface area contributed by atoms with E-state index in [1.165, 1.54) is 24.0 Å². The lowest BCUT2D eigenvalue weighted by Crippen LogP contribution is -2.50. The molecule has 0 radical (unpaired) electrons. The minimum atomic E-state index is -0.0306. The van der Waals surface area contributed by atoms with E-state index in [2.05, 4.69) is 86.8 Å². The molecule has 2 amide bonds. The van der Waals surface area contributed by atoms with Crippen molar-refractivity contribution in [3.8, 4) is 0 Å². The van der Waals surface area contributed by atoms with E-state index in [4.69, 9.17) is 5.10 Å². The molecule has 33 heavy (non-hydrogen) atoms. The second-order valence-electron chi connectivity index (χ2n) is 11.6. The molecule has 3 fully saturated rings. The van der Waals surface area contributed by atoms with Crippen LogP contribution in [-0.4, -0.2) is 29.3 Å². The highest BCUT2D eigenvalue weighted by molar-refractivity contribution is 6.04. The number of nitrogens with one attached hydrogen (secondary N) is 1. The van der Waals surface area contributed by atoms with E-state index in [1.807, 2.05) is 0 Å². The molecule has 1 unspecified atom stereocenters. The smallest absolute Gasteiger partial charge is 0.333 e. The highest BCUT2D eigenvalue weighted by Gasteiger charge is 2.62. The Bertz CT molecular complexity index is 1090. The van der Waals surface area contributed by atoms with Gasteiger partial charge in [0.25, 0.3) is 0 Å². The fourth-order valence-corrected chi connectivity index (χ4v) is 7.23. The molecule has 6 rings (SSSR count). The van der Waals surface area contributed by atoms with E-state index in [-0.39, 0.29) is 34.2 Å². The Hall–Kier alpha value is -2.62. The summed E-state index contributed by atoms with van der Waals surface area (Å²) < 4.78 is 0. The molecule has 4 nitrogen and oxygen atoms in total. The van der Waals surface area contributed by atoms with Crippen molar-refractivity contribution in [1.82, 2.24) is 10.3 Å². The summed E-state index contributed by atoms with van der Waals surface area (Å²) in [4.78, 5) is 13.5. The van der Waals surface area contributed by atoms with Crippen LogP contribution in [0.4, 0.5) is 4.79 Å². The van der Waals surface area contributed by atoms with Crippen molar-refractivity contribution >= 4 is 11.7 Å². The fraction of sp³-hybridized carbons (Fsp3) is 0.517. The number of nitrogens with zero attached hydrogens (tertiary/aromatic N) is 2. The van der Waals surface area contributed by atoms with Gasteiger partial charge in [0.2, 0.25) is 0 Å². The Morgan fingerprint density at radius 2 is 1.64 bits per heavy atom. The van der Waals surface area contributed by atoms with E-state index < -0.39 is 0 Å². The van der Waals surface area contributed by atoms with E-state index >= 15 is 0 Å². The third-order valence-electron chi connectivity index (χ3n) is 10.0. The van der Waals surface area contributed by atoms with Crippen molar-refractivity contribution in [1.29, 1.82) is 0 Å². The first-order valence-corrected chi connectivity index (χ1v) is 12.6. The number of hydrogen-bond acceptors (Lipinski definition) is 2. The summed E-state index contributed by atoms with van der Waals surface area (Å²) in [6.07, 6.45) is 5.79. The van der Waals surface area contributed by atoms with E-state index in [0.29, 0.717) is 12.5 Å². The predicted molar refractivity (Wildman–Crippen MR) is 132 cm³/mol. The molecule has 1 heterocycles. The summed E-state index contributed by atoms with van der Waals surface area (Å²) in [7, 11) is 0. The second kappa shape index (κ2) is 7.19. The molecule has 3 saturated carbocycles. The molecule has 172 valence electrons. The summed E-state index contributed by atoms with van der Waals surface area (Å²) in [5.74, 6) is 0.849. The van der Waals surface area contributed by atoms with Crippen LogP contribution >= 0.6 is 0 Å². The molecular formula is C29H35N3O. The topological polar surface area (TPSA) is 44.7 Å². The quantitative estimate of drug-likeness (QED) is 0.612. The summed E-state index contributed by atoms with van der Waals surface area (Å²) >= 11 is 0. The van der Waals surface area contributed by atoms with Crippen LogP contribution in [0.15, 0.2) is 65.8 Å². The Kier molecular flexibility index (Phi) is 4.56. The van der Waals surface area contributed by atoms with E-state index in [0.717, 1.165) is 25.0 Å². The SMILES string of the molecule is CC1(C)[C@H]2CC[C@@]1(C)[C@@H](NC(=O)N1CC(c3ccccc3)C(C3(c4ccccc4)CC3)=N1)C2. The Morgan fingerprint density at radius 3 is 2.21 bits per heavy atom. The molecule has 3 aliphatic carbocycles. The molecule has 0 saturated heterocycles. The Morgan fingerprint density at radius 1 is 0.970 bits per heavy atom. The third kappa shape index (κ3) is 3.02. The molecule has 4 atom stereocenters. The van der Waals surface area contributed by atoms with Gasteiger partial charge in [-0.15, -0.1) is 0 Å². The highest BCUT2D eigenvalue weighted by atomic mass is 16.2. The molecule has 0 spiro atoms. The number of urea groups is 1. The molecule has 2 aromatic carbocycles. The van der Waals surface area contributed by atoms with Gasteiger partial charge in [0, 0.05) is 17.4 Å². The molecule has 1 aliphatic heterocycles. The number of benzene rings is 2. The lowest BCUT2D eigenvalue weighted by molar-refractivity contribution is 0.118. The molecule has 4 heteroatoms. The standard InChI is InChI=1S/C29H35N3O/c1-27(2)22-14-15-28(27,3)24(18-22)30-26(33)32-19-23(20-10-6-4-7-11-20)25(31-32)29(16-17-29)21-12-8-5-9-13-21/h4-13,22-24H,14-19H2,1-3H3,(H,30,33)/t22-,23?,24-,28-/m0/s1. The molecular weight excluding hydrogens is 406 g/mol. The lowest BCUT2D eigenvalue weighted by atomic mass is 9.69. The summed E-state index contributed by atoms with van der Waals surface area (Å²) in [6, 6.07) is 21.6. The van der Waals surface area contributed by atoms with E-state index in [1.54, 1.807) is 5.01 Å². The van der Waals surface area contributed by atoms with Gasteiger partial charge < -0.3 is 5.32 Å². The van der Waals surface area contributed by atoms with Crippen molar-refractivity contribution in [2.45, 2.75) is 70.3 Å². The van der Waals surface area contributed by atoms with Crippen LogP contribution in [0.1, 0.15) is 69.9 Å². The first-order chi connectivity index (χ1) is 15.8. The van der Waals surface area contributed by atoms with Gasteiger partial charge >= 0.3 is 6.03 Å². The zero-order valence-electron chi connectivity index (χ0n) is 20.1. The second-order valence-corrected chi connectivity index (χ2v) is 11.6. The lowest BCUT2D eigenvalue weighted by Gasteiger charge is -2.39. The van der Waals surface area contributed by atoms with Crippen LogP contribution in [0.2, 0.25) is 0 Å². The van der Waals surface area contributed by atoms with Gasteiger partial charge in [-0.05, 0) is 60.0 Å². The number of hydrogen-bond donors (Lipinski definition) is 1. The Balaban J connectivity index is 1.30. The largest absolute Gasteiger partial charge is 0.338 e. The number of rotatable bonds is 4. The van der Waals surface area contributed by atoms with E-state index in [9.17, 15) is 4.79 Å². The van der Waals surface area contributed by atoms with Crippen LogP contribution in [0.3, 0.4) is 0 Å². The first kappa shape index (κ1) is 20.9. The summed E-state index contributed by atoms with van der Waals surface area (Å²) in [5.41, 5.74) is 4.16. The molecule has 2 aromatic rings. The maximum absolute atomic E-state index is 13.5. The summed E-state index contributed by atoms with van der Waals surface area (Å²) in [5, 5.41) is 10.2. The van der Waals surface area contributed by atoms with Crippen molar-refractivity contribution in [2.75, 3.05) is 6.54 Å². The third-order valence-corrected chi connectivity index (χ3v) is 10.0. The number of carbonyl (C=O) groups is 1. The molecule has 4 aliphatic rings. The minimum Gasteiger partial charge on any atom is -0.333 e. The number of hydrazone groups is 1.